The molecule has 0 aliphatic rings. The summed E-state index contributed by atoms with van der Waals surface area (Å²) >= 11 is 1.88. The van der Waals surface area contributed by atoms with Crippen molar-refractivity contribution in [1.29, 1.82) is 0 Å². The van der Waals surface area contributed by atoms with E-state index in [2.05, 4.69) is 22.7 Å². The van der Waals surface area contributed by atoms with Crippen molar-refractivity contribution in [2.24, 2.45) is 11.7 Å². The van der Waals surface area contributed by atoms with Crippen LogP contribution in [0.1, 0.15) is 12.6 Å². The van der Waals surface area contributed by atoms with Crippen molar-refractivity contribution in [1.82, 2.24) is 9.55 Å². The third kappa shape index (κ3) is 3.04. The van der Waals surface area contributed by atoms with Crippen LogP contribution in [0.2, 0.25) is 0 Å². The topological polar surface area (TPSA) is 43.8 Å². The smallest absolute Gasteiger partial charge is 0.0948 e. The number of aromatic nitrogens is 2. The summed E-state index contributed by atoms with van der Waals surface area (Å²) in [5.74, 6) is 1.86. The van der Waals surface area contributed by atoms with Gasteiger partial charge in [0.15, 0.2) is 0 Å². The van der Waals surface area contributed by atoms with E-state index >= 15 is 0 Å². The molecule has 1 atom stereocenters. The van der Waals surface area contributed by atoms with Crippen LogP contribution in [0.4, 0.5) is 0 Å². The molecule has 4 heteroatoms. The van der Waals surface area contributed by atoms with E-state index < -0.39 is 0 Å². The van der Waals surface area contributed by atoms with E-state index in [4.69, 9.17) is 5.73 Å². The Hall–Kier alpha value is -0.480. The Balaban J connectivity index is 2.52. The normalized spacial score (nSPS) is 13.2. The molecule has 0 fully saturated rings. The first kappa shape index (κ1) is 10.6. The lowest BCUT2D eigenvalue weighted by atomic mass is 10.2. The molecule has 0 aromatic carbocycles. The Bertz CT molecular complexity index is 247. The van der Waals surface area contributed by atoms with Crippen LogP contribution in [0.5, 0.6) is 0 Å². The Morgan fingerprint density at radius 3 is 3.08 bits per heavy atom. The molecule has 0 spiro atoms. The summed E-state index contributed by atoms with van der Waals surface area (Å²) in [5, 5.41) is 0. The molecule has 0 saturated carbocycles. The van der Waals surface area contributed by atoms with Gasteiger partial charge in [-0.3, -0.25) is 0 Å². The van der Waals surface area contributed by atoms with Crippen molar-refractivity contribution in [2.75, 3.05) is 12.0 Å². The molecular formula is C9H17N3S. The predicted molar refractivity (Wildman–Crippen MR) is 57.7 cm³/mol. The number of imidazole rings is 1. The van der Waals surface area contributed by atoms with Gasteiger partial charge in [-0.25, -0.2) is 4.98 Å². The molecule has 2 N–H and O–H groups in total. The fourth-order valence-electron chi connectivity index (χ4n) is 1.36. The van der Waals surface area contributed by atoms with E-state index in [0.717, 1.165) is 12.2 Å². The number of thioether (sulfide) groups is 1. The molecule has 1 aromatic rings. The van der Waals surface area contributed by atoms with Crippen LogP contribution >= 0.6 is 11.8 Å². The van der Waals surface area contributed by atoms with Crippen molar-refractivity contribution < 1.29 is 0 Å². The fourth-order valence-corrected chi connectivity index (χ4v) is 2.03. The summed E-state index contributed by atoms with van der Waals surface area (Å²) in [6, 6.07) is 0. The lowest BCUT2D eigenvalue weighted by molar-refractivity contribution is 0.517. The van der Waals surface area contributed by atoms with Crippen molar-refractivity contribution >= 4 is 11.8 Å². The maximum atomic E-state index is 5.58. The molecule has 0 amide bonds. The quantitative estimate of drug-likeness (QED) is 0.778. The van der Waals surface area contributed by atoms with Gasteiger partial charge in [-0.05, 0) is 17.9 Å². The summed E-state index contributed by atoms with van der Waals surface area (Å²) in [5.41, 5.74) is 6.70. The zero-order valence-electron chi connectivity index (χ0n) is 8.23. The van der Waals surface area contributed by atoms with Gasteiger partial charge in [-0.2, -0.15) is 11.8 Å². The molecule has 0 saturated heterocycles. The maximum absolute atomic E-state index is 5.58. The molecule has 1 rings (SSSR count). The van der Waals surface area contributed by atoms with Gasteiger partial charge in [0.05, 0.1) is 12.0 Å². The Labute approximate surface area is 83.7 Å². The van der Waals surface area contributed by atoms with Gasteiger partial charge >= 0.3 is 0 Å². The number of rotatable bonds is 5. The minimum atomic E-state index is 0.575. The second-order valence-electron chi connectivity index (χ2n) is 3.30. The van der Waals surface area contributed by atoms with Crippen LogP contribution in [0.15, 0.2) is 12.5 Å². The van der Waals surface area contributed by atoms with Gasteiger partial charge in [0.2, 0.25) is 0 Å². The minimum Gasteiger partial charge on any atom is -0.333 e. The van der Waals surface area contributed by atoms with Crippen LogP contribution in [-0.4, -0.2) is 21.6 Å². The van der Waals surface area contributed by atoms with Gasteiger partial charge in [-0.1, -0.05) is 6.92 Å². The molecule has 3 nitrogen and oxygen atoms in total. The summed E-state index contributed by atoms with van der Waals surface area (Å²) in [4.78, 5) is 4.08. The highest BCUT2D eigenvalue weighted by Crippen LogP contribution is 2.09. The zero-order chi connectivity index (χ0) is 9.68. The monoisotopic (exact) mass is 199 g/mol. The summed E-state index contributed by atoms with van der Waals surface area (Å²) in [6.45, 7) is 3.84. The number of nitrogens with zero attached hydrogens (tertiary/aromatic N) is 2. The molecule has 74 valence electrons. The van der Waals surface area contributed by atoms with Gasteiger partial charge in [0, 0.05) is 19.3 Å². The highest BCUT2D eigenvalue weighted by Gasteiger charge is 2.05. The summed E-state index contributed by atoms with van der Waals surface area (Å²) in [7, 11) is 0. The Morgan fingerprint density at radius 2 is 2.46 bits per heavy atom. The van der Waals surface area contributed by atoms with E-state index in [-0.39, 0.29) is 0 Å². The highest BCUT2D eigenvalue weighted by atomic mass is 32.2. The molecular weight excluding hydrogens is 182 g/mol. The van der Waals surface area contributed by atoms with Crippen molar-refractivity contribution in [3.8, 4) is 0 Å². The van der Waals surface area contributed by atoms with Gasteiger partial charge in [0.1, 0.15) is 0 Å². The Kier molecular flexibility index (Phi) is 4.32. The van der Waals surface area contributed by atoms with Crippen LogP contribution in [0.25, 0.3) is 0 Å². The Morgan fingerprint density at radius 1 is 1.69 bits per heavy atom. The van der Waals surface area contributed by atoms with E-state index in [9.17, 15) is 0 Å². The van der Waals surface area contributed by atoms with E-state index in [1.165, 1.54) is 5.75 Å². The third-order valence-electron chi connectivity index (χ3n) is 1.97. The molecule has 0 aliphatic carbocycles. The van der Waals surface area contributed by atoms with Crippen molar-refractivity contribution in [3.63, 3.8) is 0 Å². The molecule has 13 heavy (non-hydrogen) atoms. The standard InChI is InChI=1S/C9H17N3S/c1-8(6-13-2)5-12-7-11-4-9(12)3-10/h4,7-8H,3,5-6,10H2,1-2H3. The van der Waals surface area contributed by atoms with Gasteiger partial charge < -0.3 is 10.3 Å². The highest BCUT2D eigenvalue weighted by molar-refractivity contribution is 7.98. The zero-order valence-corrected chi connectivity index (χ0v) is 9.05. The van der Waals surface area contributed by atoms with Crippen LogP contribution < -0.4 is 5.73 Å². The average Bonchev–Trinajstić information content (AvgIpc) is 2.52. The lowest BCUT2D eigenvalue weighted by Crippen LogP contribution is -2.13. The largest absolute Gasteiger partial charge is 0.333 e. The number of hydrogen-bond acceptors (Lipinski definition) is 3. The number of hydrogen-bond donors (Lipinski definition) is 1. The molecule has 1 unspecified atom stereocenters. The van der Waals surface area contributed by atoms with Crippen LogP contribution in [0, 0.1) is 5.92 Å². The molecule has 0 bridgehead atoms. The summed E-state index contributed by atoms with van der Waals surface area (Å²) < 4.78 is 2.14. The molecule has 0 radical (unpaired) electrons. The van der Waals surface area contributed by atoms with Crippen LogP contribution in [0.3, 0.4) is 0 Å². The molecule has 1 aromatic heterocycles. The third-order valence-corrected chi connectivity index (χ3v) is 2.87. The van der Waals surface area contributed by atoms with Crippen molar-refractivity contribution in [2.45, 2.75) is 20.0 Å². The maximum Gasteiger partial charge on any atom is 0.0948 e. The number of nitrogens with two attached hydrogens (primary N) is 1. The fraction of sp³-hybridized carbons (Fsp3) is 0.667. The minimum absolute atomic E-state index is 0.575. The molecule has 1 heterocycles. The second kappa shape index (κ2) is 5.29. The predicted octanol–water partition coefficient (Wildman–Crippen LogP) is 1.34. The van der Waals surface area contributed by atoms with E-state index in [1.807, 2.05) is 24.3 Å². The summed E-state index contributed by atoms with van der Waals surface area (Å²) in [6.07, 6.45) is 5.83. The first-order valence-electron chi connectivity index (χ1n) is 4.46. The lowest BCUT2D eigenvalue weighted by Gasteiger charge is -2.12. The second-order valence-corrected chi connectivity index (χ2v) is 4.21. The van der Waals surface area contributed by atoms with Crippen molar-refractivity contribution in [3.05, 3.63) is 18.2 Å². The molecule has 0 aliphatic heterocycles. The van der Waals surface area contributed by atoms with E-state index in [0.29, 0.717) is 12.5 Å². The first-order valence-corrected chi connectivity index (χ1v) is 5.85. The SMILES string of the molecule is CSCC(C)Cn1cncc1CN. The first-order chi connectivity index (χ1) is 6.27. The van der Waals surface area contributed by atoms with Gasteiger partial charge in [0.25, 0.3) is 0 Å². The van der Waals surface area contributed by atoms with E-state index in [1.54, 1.807) is 0 Å². The average molecular weight is 199 g/mol. The van der Waals surface area contributed by atoms with Gasteiger partial charge in [-0.15, -0.1) is 0 Å². The van der Waals surface area contributed by atoms with Crippen LogP contribution in [-0.2, 0) is 13.1 Å².